The maximum Gasteiger partial charge on any atom is 0.146 e. The van der Waals surface area contributed by atoms with E-state index in [-0.39, 0.29) is 5.84 Å². The highest BCUT2D eigenvalue weighted by molar-refractivity contribution is 6.35. The molecule has 0 heterocycles. The first-order valence-electron chi connectivity index (χ1n) is 5.23. The van der Waals surface area contributed by atoms with Crippen LogP contribution in [0.15, 0.2) is 36.4 Å². The Hall–Kier alpha value is -1.42. The number of hydrogen-bond donors (Lipinski definition) is 2. The summed E-state index contributed by atoms with van der Waals surface area (Å²) in [5.74, 6) is 0.860. The molecule has 0 aliphatic carbocycles. The van der Waals surface area contributed by atoms with E-state index in [0.29, 0.717) is 32.1 Å². The second-order valence-electron chi connectivity index (χ2n) is 3.77. The average Bonchev–Trinajstić information content (AvgIpc) is 2.30. The quantitative estimate of drug-likeness (QED) is 0.636. The third-order valence-electron chi connectivity index (χ3n) is 2.31. The fraction of sp³-hybridized carbons (Fsp3) is 0. The van der Waals surface area contributed by atoms with Crippen molar-refractivity contribution in [1.29, 1.82) is 5.41 Å². The summed E-state index contributed by atoms with van der Waals surface area (Å²) >= 11 is 17.8. The highest BCUT2D eigenvalue weighted by Crippen LogP contribution is 2.32. The molecule has 0 saturated carbocycles. The minimum Gasteiger partial charge on any atom is -0.456 e. The average molecular weight is 316 g/mol. The van der Waals surface area contributed by atoms with E-state index in [4.69, 9.17) is 50.7 Å². The van der Waals surface area contributed by atoms with Crippen LogP contribution in [0.3, 0.4) is 0 Å². The fourth-order valence-corrected chi connectivity index (χ4v) is 2.19. The van der Waals surface area contributed by atoms with Crippen molar-refractivity contribution in [3.05, 3.63) is 57.0 Å². The Morgan fingerprint density at radius 2 is 1.63 bits per heavy atom. The number of halogens is 3. The van der Waals surface area contributed by atoms with Crippen LogP contribution in [0.2, 0.25) is 15.1 Å². The standard InChI is InChI=1S/C13H9Cl3N2O/c14-8-4-9(15)6-10(5-8)19-12-2-1-7(13(17)18)3-11(12)16/h1-6H,(H3,17,18). The summed E-state index contributed by atoms with van der Waals surface area (Å²) in [5, 5.41) is 8.62. The van der Waals surface area contributed by atoms with Gasteiger partial charge in [0.1, 0.15) is 17.3 Å². The van der Waals surface area contributed by atoms with Crippen molar-refractivity contribution in [3.63, 3.8) is 0 Å². The SMILES string of the molecule is N=C(N)c1ccc(Oc2cc(Cl)cc(Cl)c2)c(Cl)c1. The minimum absolute atomic E-state index is 0.0562. The van der Waals surface area contributed by atoms with E-state index >= 15 is 0 Å². The second-order valence-corrected chi connectivity index (χ2v) is 5.05. The van der Waals surface area contributed by atoms with Gasteiger partial charge in [-0.15, -0.1) is 0 Å². The van der Waals surface area contributed by atoms with E-state index in [1.807, 2.05) is 0 Å². The lowest BCUT2D eigenvalue weighted by Gasteiger charge is -2.09. The van der Waals surface area contributed by atoms with Gasteiger partial charge in [0.05, 0.1) is 5.02 Å². The molecular weight excluding hydrogens is 307 g/mol. The fourth-order valence-electron chi connectivity index (χ4n) is 1.47. The highest BCUT2D eigenvalue weighted by atomic mass is 35.5. The summed E-state index contributed by atoms with van der Waals surface area (Å²) < 4.78 is 5.59. The first kappa shape index (κ1) is 14.0. The van der Waals surface area contributed by atoms with Crippen LogP contribution in [0, 0.1) is 5.41 Å². The molecule has 0 fully saturated rings. The molecular formula is C13H9Cl3N2O. The maximum atomic E-state index is 7.32. The Morgan fingerprint density at radius 3 is 2.16 bits per heavy atom. The Morgan fingerprint density at radius 1 is 1.00 bits per heavy atom. The molecule has 0 aromatic heterocycles. The monoisotopic (exact) mass is 314 g/mol. The van der Waals surface area contributed by atoms with Crippen molar-refractivity contribution in [2.75, 3.05) is 0 Å². The maximum absolute atomic E-state index is 7.32. The molecule has 2 aromatic rings. The van der Waals surface area contributed by atoms with Gasteiger partial charge in [0.15, 0.2) is 0 Å². The van der Waals surface area contributed by atoms with Gasteiger partial charge in [-0.25, -0.2) is 0 Å². The zero-order chi connectivity index (χ0) is 14.0. The van der Waals surface area contributed by atoms with Crippen molar-refractivity contribution in [1.82, 2.24) is 0 Å². The topological polar surface area (TPSA) is 59.1 Å². The first-order valence-corrected chi connectivity index (χ1v) is 6.37. The van der Waals surface area contributed by atoms with Gasteiger partial charge in [-0.1, -0.05) is 34.8 Å². The van der Waals surface area contributed by atoms with E-state index in [1.54, 1.807) is 36.4 Å². The first-order chi connectivity index (χ1) is 8.95. The molecule has 0 aliphatic heterocycles. The van der Waals surface area contributed by atoms with Crippen LogP contribution in [-0.2, 0) is 0 Å². The third kappa shape index (κ3) is 3.53. The lowest BCUT2D eigenvalue weighted by molar-refractivity contribution is 0.483. The van der Waals surface area contributed by atoms with Gasteiger partial charge in [-0.05, 0) is 36.4 Å². The summed E-state index contributed by atoms with van der Waals surface area (Å²) in [5.41, 5.74) is 5.90. The predicted molar refractivity (Wildman–Crippen MR) is 79.0 cm³/mol. The molecule has 6 heteroatoms. The van der Waals surface area contributed by atoms with Crippen molar-refractivity contribution in [2.45, 2.75) is 0 Å². The summed E-state index contributed by atoms with van der Waals surface area (Å²) in [6.45, 7) is 0. The molecule has 0 bridgehead atoms. The van der Waals surface area contributed by atoms with Crippen LogP contribution >= 0.6 is 34.8 Å². The number of rotatable bonds is 3. The molecule has 3 N–H and O–H groups in total. The van der Waals surface area contributed by atoms with Gasteiger partial charge < -0.3 is 10.5 Å². The predicted octanol–water partition coefficient (Wildman–Crippen LogP) is 4.72. The van der Waals surface area contributed by atoms with Crippen LogP contribution in [0.4, 0.5) is 0 Å². The van der Waals surface area contributed by atoms with Crippen LogP contribution in [0.5, 0.6) is 11.5 Å². The van der Waals surface area contributed by atoms with E-state index in [0.717, 1.165) is 0 Å². The van der Waals surface area contributed by atoms with Crippen molar-refractivity contribution in [2.24, 2.45) is 5.73 Å². The Kier molecular flexibility index (Phi) is 4.20. The van der Waals surface area contributed by atoms with E-state index in [1.165, 1.54) is 0 Å². The van der Waals surface area contributed by atoms with E-state index in [2.05, 4.69) is 0 Å². The summed E-state index contributed by atoms with van der Waals surface area (Å²) in [7, 11) is 0. The molecule has 0 amide bonds. The summed E-state index contributed by atoms with van der Waals surface area (Å²) in [6, 6.07) is 9.71. The molecule has 2 rings (SSSR count). The zero-order valence-electron chi connectivity index (χ0n) is 9.58. The van der Waals surface area contributed by atoms with E-state index < -0.39 is 0 Å². The molecule has 3 nitrogen and oxygen atoms in total. The highest BCUT2D eigenvalue weighted by Gasteiger charge is 2.07. The minimum atomic E-state index is -0.0562. The van der Waals surface area contributed by atoms with Gasteiger partial charge in [-0.2, -0.15) is 0 Å². The molecule has 98 valence electrons. The van der Waals surface area contributed by atoms with Gasteiger partial charge >= 0.3 is 0 Å². The van der Waals surface area contributed by atoms with Gasteiger partial charge in [0.25, 0.3) is 0 Å². The molecule has 0 unspecified atom stereocenters. The number of nitrogens with two attached hydrogens (primary N) is 1. The lowest BCUT2D eigenvalue weighted by atomic mass is 10.2. The van der Waals surface area contributed by atoms with Gasteiger partial charge in [-0.3, -0.25) is 5.41 Å². The Labute approximate surface area is 125 Å². The molecule has 0 radical (unpaired) electrons. The number of ether oxygens (including phenoxy) is 1. The molecule has 0 aliphatic rings. The van der Waals surface area contributed by atoms with E-state index in [9.17, 15) is 0 Å². The van der Waals surface area contributed by atoms with Gasteiger partial charge in [0.2, 0.25) is 0 Å². The summed E-state index contributed by atoms with van der Waals surface area (Å²) in [4.78, 5) is 0. The second kappa shape index (κ2) is 5.70. The zero-order valence-corrected chi connectivity index (χ0v) is 11.9. The van der Waals surface area contributed by atoms with Crippen molar-refractivity contribution < 1.29 is 4.74 Å². The molecule has 0 spiro atoms. The van der Waals surface area contributed by atoms with Crippen LogP contribution in [0.25, 0.3) is 0 Å². The lowest BCUT2D eigenvalue weighted by Crippen LogP contribution is -2.10. The molecule has 0 atom stereocenters. The molecule has 19 heavy (non-hydrogen) atoms. The van der Waals surface area contributed by atoms with Crippen LogP contribution in [-0.4, -0.2) is 5.84 Å². The smallest absolute Gasteiger partial charge is 0.146 e. The number of amidine groups is 1. The van der Waals surface area contributed by atoms with Crippen molar-refractivity contribution in [3.8, 4) is 11.5 Å². The Balaban J connectivity index is 2.30. The third-order valence-corrected chi connectivity index (χ3v) is 3.04. The molecule has 0 saturated heterocycles. The number of hydrogen-bond acceptors (Lipinski definition) is 2. The Bertz CT molecular complexity index is 624. The van der Waals surface area contributed by atoms with Crippen LogP contribution < -0.4 is 10.5 Å². The number of nitrogens with one attached hydrogen (secondary N) is 1. The van der Waals surface area contributed by atoms with Gasteiger partial charge in [0, 0.05) is 15.6 Å². The van der Waals surface area contributed by atoms with Crippen molar-refractivity contribution >= 4 is 40.6 Å². The molecule has 2 aromatic carbocycles. The largest absolute Gasteiger partial charge is 0.456 e. The van der Waals surface area contributed by atoms with Crippen LogP contribution in [0.1, 0.15) is 5.56 Å². The summed E-state index contributed by atoms with van der Waals surface area (Å²) in [6.07, 6.45) is 0. The number of nitrogen functional groups attached to an aromatic ring is 1. The normalized spacial score (nSPS) is 10.3. The number of benzene rings is 2.